The fraction of sp³-hybridized carbons (Fsp3) is 0.667. The van der Waals surface area contributed by atoms with Gasteiger partial charge >= 0.3 is 6.01 Å². The maximum Gasteiger partial charge on any atom is 0.316 e. The average Bonchev–Trinajstić information content (AvgIpc) is 2.31. The highest BCUT2D eigenvalue weighted by Crippen LogP contribution is 2.21. The Balaban J connectivity index is 2.01. The Kier molecular flexibility index (Phi) is 3.72. The first kappa shape index (κ1) is 11.3. The van der Waals surface area contributed by atoms with Crippen molar-refractivity contribution in [2.24, 2.45) is 5.73 Å². The molecule has 0 saturated heterocycles. The summed E-state index contributed by atoms with van der Waals surface area (Å²) >= 11 is 0. The van der Waals surface area contributed by atoms with Crippen molar-refractivity contribution in [1.82, 2.24) is 9.97 Å². The molecule has 16 heavy (non-hydrogen) atoms. The van der Waals surface area contributed by atoms with Gasteiger partial charge in [-0.2, -0.15) is 0 Å². The topological polar surface area (TPSA) is 61.0 Å². The molecule has 4 heteroatoms. The van der Waals surface area contributed by atoms with Crippen LogP contribution >= 0.6 is 0 Å². The molecule has 0 atom stereocenters. The van der Waals surface area contributed by atoms with Gasteiger partial charge in [0.25, 0.3) is 0 Å². The summed E-state index contributed by atoms with van der Waals surface area (Å²) < 4.78 is 5.77. The van der Waals surface area contributed by atoms with Crippen LogP contribution in [0.3, 0.4) is 0 Å². The first-order valence-electron chi connectivity index (χ1n) is 5.99. The quantitative estimate of drug-likeness (QED) is 0.847. The first-order valence-corrected chi connectivity index (χ1v) is 5.99. The molecule has 0 bridgehead atoms. The largest absolute Gasteiger partial charge is 0.460 e. The van der Waals surface area contributed by atoms with E-state index in [0.29, 0.717) is 18.7 Å². The third kappa shape index (κ3) is 2.70. The normalized spacial score (nSPS) is 17.4. The van der Waals surface area contributed by atoms with E-state index in [2.05, 4.69) is 9.97 Å². The fourth-order valence-corrected chi connectivity index (χ4v) is 2.06. The van der Waals surface area contributed by atoms with Gasteiger partial charge in [-0.15, -0.1) is 0 Å². The van der Waals surface area contributed by atoms with E-state index in [0.717, 1.165) is 24.1 Å². The van der Waals surface area contributed by atoms with Gasteiger partial charge in [0.1, 0.15) is 6.10 Å². The monoisotopic (exact) mass is 221 g/mol. The van der Waals surface area contributed by atoms with Gasteiger partial charge in [-0.3, -0.25) is 0 Å². The van der Waals surface area contributed by atoms with Gasteiger partial charge < -0.3 is 10.5 Å². The Morgan fingerprint density at radius 3 is 2.75 bits per heavy atom. The minimum atomic E-state index is 0.303. The minimum absolute atomic E-state index is 0.303. The van der Waals surface area contributed by atoms with Crippen LogP contribution in [-0.2, 0) is 6.54 Å². The number of aryl methyl sites for hydroxylation is 1. The van der Waals surface area contributed by atoms with Crippen LogP contribution in [0.1, 0.15) is 43.4 Å². The number of nitrogens with zero attached hydrogens (tertiary/aromatic N) is 2. The Morgan fingerprint density at radius 1 is 1.38 bits per heavy atom. The van der Waals surface area contributed by atoms with Crippen molar-refractivity contribution in [3.63, 3.8) is 0 Å². The zero-order valence-electron chi connectivity index (χ0n) is 9.78. The summed E-state index contributed by atoms with van der Waals surface area (Å²) in [7, 11) is 0. The molecule has 1 aromatic rings. The molecule has 88 valence electrons. The maximum atomic E-state index is 5.77. The number of aromatic nitrogens is 2. The molecule has 1 aliphatic rings. The van der Waals surface area contributed by atoms with Crippen molar-refractivity contribution in [2.45, 2.75) is 51.7 Å². The zero-order chi connectivity index (χ0) is 11.4. The molecular formula is C12H19N3O. The Morgan fingerprint density at radius 2 is 2.12 bits per heavy atom. The molecule has 2 N–H and O–H groups in total. The second-order valence-corrected chi connectivity index (χ2v) is 4.35. The molecule has 2 rings (SSSR count). The average molecular weight is 221 g/mol. The van der Waals surface area contributed by atoms with E-state index in [1.807, 2.05) is 6.92 Å². The highest BCUT2D eigenvalue weighted by Gasteiger charge is 2.16. The summed E-state index contributed by atoms with van der Waals surface area (Å²) in [6, 6.07) is 0.501. The number of nitrogens with two attached hydrogens (primary N) is 1. The van der Waals surface area contributed by atoms with E-state index in [-0.39, 0.29) is 0 Å². The molecule has 1 fully saturated rings. The molecule has 4 nitrogen and oxygen atoms in total. The van der Waals surface area contributed by atoms with Crippen LogP contribution in [0.25, 0.3) is 0 Å². The Bertz CT molecular complexity index is 348. The zero-order valence-corrected chi connectivity index (χ0v) is 9.78. The molecule has 0 amide bonds. The summed E-state index contributed by atoms with van der Waals surface area (Å²) in [5.74, 6) is 0. The lowest BCUT2D eigenvalue weighted by atomic mass is 9.98. The van der Waals surface area contributed by atoms with E-state index >= 15 is 0 Å². The summed E-state index contributed by atoms with van der Waals surface area (Å²) in [6.45, 7) is 2.42. The molecule has 0 aliphatic heterocycles. The molecule has 1 saturated carbocycles. The Labute approximate surface area is 96.2 Å². The molecular weight excluding hydrogens is 202 g/mol. The summed E-state index contributed by atoms with van der Waals surface area (Å²) in [5.41, 5.74) is 7.47. The van der Waals surface area contributed by atoms with Gasteiger partial charge in [0.15, 0.2) is 0 Å². The van der Waals surface area contributed by atoms with Crippen molar-refractivity contribution < 1.29 is 4.74 Å². The molecule has 1 aliphatic carbocycles. The number of rotatable bonds is 3. The van der Waals surface area contributed by atoms with Gasteiger partial charge in [0.2, 0.25) is 0 Å². The van der Waals surface area contributed by atoms with Crippen LogP contribution < -0.4 is 10.5 Å². The highest BCUT2D eigenvalue weighted by atomic mass is 16.5. The van der Waals surface area contributed by atoms with Crippen LogP contribution in [0.4, 0.5) is 0 Å². The van der Waals surface area contributed by atoms with Crippen molar-refractivity contribution in [2.75, 3.05) is 0 Å². The van der Waals surface area contributed by atoms with E-state index in [9.17, 15) is 0 Å². The molecule has 1 heterocycles. The van der Waals surface area contributed by atoms with Crippen molar-refractivity contribution >= 4 is 0 Å². The predicted molar refractivity (Wildman–Crippen MR) is 62.2 cm³/mol. The van der Waals surface area contributed by atoms with Gasteiger partial charge in [0, 0.05) is 24.0 Å². The van der Waals surface area contributed by atoms with E-state index in [1.54, 1.807) is 6.20 Å². The fourth-order valence-electron chi connectivity index (χ4n) is 2.06. The molecule has 0 radical (unpaired) electrons. The lowest BCUT2D eigenvalue weighted by Gasteiger charge is -2.21. The number of hydrogen-bond acceptors (Lipinski definition) is 4. The van der Waals surface area contributed by atoms with Crippen molar-refractivity contribution in [3.05, 3.63) is 17.5 Å². The molecule has 0 spiro atoms. The van der Waals surface area contributed by atoms with Gasteiger partial charge in [-0.1, -0.05) is 6.42 Å². The van der Waals surface area contributed by atoms with E-state index in [4.69, 9.17) is 10.5 Å². The standard InChI is InChI=1S/C12H19N3O/c1-9-10(7-13)8-14-12(15-9)16-11-5-3-2-4-6-11/h8,11H,2-7,13H2,1H3. The summed E-state index contributed by atoms with van der Waals surface area (Å²) in [6.07, 6.45) is 8.15. The van der Waals surface area contributed by atoms with Gasteiger partial charge in [0.05, 0.1) is 0 Å². The van der Waals surface area contributed by atoms with E-state index in [1.165, 1.54) is 19.3 Å². The smallest absolute Gasteiger partial charge is 0.316 e. The first-order chi connectivity index (χ1) is 7.79. The molecule has 0 unspecified atom stereocenters. The molecule has 1 aromatic heterocycles. The lowest BCUT2D eigenvalue weighted by molar-refractivity contribution is 0.141. The van der Waals surface area contributed by atoms with Crippen LogP contribution in [-0.4, -0.2) is 16.1 Å². The SMILES string of the molecule is Cc1nc(OC2CCCCC2)ncc1CN. The maximum absolute atomic E-state index is 5.77. The highest BCUT2D eigenvalue weighted by molar-refractivity contribution is 5.17. The third-order valence-corrected chi connectivity index (χ3v) is 3.10. The lowest BCUT2D eigenvalue weighted by Crippen LogP contribution is -2.21. The number of ether oxygens (including phenoxy) is 1. The van der Waals surface area contributed by atoms with Crippen LogP contribution in [0.5, 0.6) is 6.01 Å². The summed E-state index contributed by atoms with van der Waals surface area (Å²) in [5, 5.41) is 0. The predicted octanol–water partition coefficient (Wildman–Crippen LogP) is 1.96. The third-order valence-electron chi connectivity index (χ3n) is 3.10. The Hall–Kier alpha value is -1.16. The second-order valence-electron chi connectivity index (χ2n) is 4.35. The van der Waals surface area contributed by atoms with Gasteiger partial charge in [-0.05, 0) is 32.6 Å². The molecule has 0 aromatic carbocycles. The van der Waals surface area contributed by atoms with Crippen LogP contribution in [0, 0.1) is 6.92 Å². The van der Waals surface area contributed by atoms with Crippen LogP contribution in [0.2, 0.25) is 0 Å². The van der Waals surface area contributed by atoms with Gasteiger partial charge in [-0.25, -0.2) is 9.97 Å². The second kappa shape index (κ2) is 5.25. The summed E-state index contributed by atoms with van der Waals surface area (Å²) in [4.78, 5) is 8.52. The number of hydrogen-bond donors (Lipinski definition) is 1. The van der Waals surface area contributed by atoms with Crippen molar-refractivity contribution in [1.29, 1.82) is 0 Å². The van der Waals surface area contributed by atoms with Crippen molar-refractivity contribution in [3.8, 4) is 6.01 Å². The van der Waals surface area contributed by atoms with Crippen LogP contribution in [0.15, 0.2) is 6.20 Å². The van der Waals surface area contributed by atoms with E-state index < -0.39 is 0 Å². The minimum Gasteiger partial charge on any atom is -0.460 e.